The molecule has 3 aromatic rings. The molecule has 182 valence electrons. The van der Waals surface area contributed by atoms with E-state index >= 15 is 0 Å². The third-order valence-electron chi connectivity index (χ3n) is 6.02. The lowest BCUT2D eigenvalue weighted by Crippen LogP contribution is -2.29. The monoisotopic (exact) mass is 475 g/mol. The van der Waals surface area contributed by atoms with Crippen molar-refractivity contribution in [3.63, 3.8) is 0 Å². The third-order valence-corrected chi connectivity index (χ3v) is 6.02. The summed E-state index contributed by atoms with van der Waals surface area (Å²) >= 11 is 0. The van der Waals surface area contributed by atoms with Gasteiger partial charge in [-0.2, -0.15) is 0 Å². The van der Waals surface area contributed by atoms with Crippen LogP contribution in [0.25, 0.3) is 10.9 Å². The second-order valence-corrected chi connectivity index (χ2v) is 8.34. The second-order valence-electron chi connectivity index (χ2n) is 8.34. The number of anilines is 2. The molecule has 0 unspecified atom stereocenters. The Hall–Kier alpha value is -3.04. The molecule has 2 aromatic carbocycles. The molecule has 1 N–H and O–H groups in total. The Morgan fingerprint density at radius 1 is 1.03 bits per heavy atom. The molecule has 0 atom stereocenters. The summed E-state index contributed by atoms with van der Waals surface area (Å²) in [6, 6.07) is 13.4. The molecule has 0 aliphatic carbocycles. The number of nitrogens with one attached hydrogen (secondary N) is 1. The second kappa shape index (κ2) is 10.5. The highest BCUT2D eigenvalue weighted by Gasteiger charge is 2.28. The van der Waals surface area contributed by atoms with Crippen LogP contribution < -0.4 is 14.8 Å². The van der Waals surface area contributed by atoms with Gasteiger partial charge in [0.2, 0.25) is 0 Å². The molecular weight excluding hydrogens is 447 g/mol. The largest absolute Gasteiger partial charge is 0.522 e. The molecule has 34 heavy (non-hydrogen) atoms. The predicted molar refractivity (Wildman–Crippen MR) is 125 cm³/mol. The van der Waals surface area contributed by atoms with E-state index in [9.17, 15) is 13.2 Å². The predicted octanol–water partition coefficient (Wildman–Crippen LogP) is 5.71. The number of methoxy groups -OCH3 is 1. The summed E-state index contributed by atoms with van der Waals surface area (Å²) in [5, 5.41) is 4.38. The van der Waals surface area contributed by atoms with E-state index in [1.54, 1.807) is 24.4 Å². The zero-order valence-corrected chi connectivity index (χ0v) is 19.2. The van der Waals surface area contributed by atoms with Crippen molar-refractivity contribution in [2.45, 2.75) is 25.1 Å². The van der Waals surface area contributed by atoms with Gasteiger partial charge in [-0.3, -0.25) is 9.72 Å². The lowest BCUT2D eigenvalue weighted by molar-refractivity contribution is -0.325. The minimum absolute atomic E-state index is 0.232. The number of benzene rings is 2. The molecule has 4 rings (SSSR count). The van der Waals surface area contributed by atoms with Gasteiger partial charge in [-0.25, -0.2) is 0 Å². The van der Waals surface area contributed by atoms with Crippen molar-refractivity contribution in [2.24, 2.45) is 0 Å². The SMILES string of the molecule is COc1cc(OCCOC(F)(F)F)ccc1Nc1ccnc2cc(C3CCN(C)CC3)ccc12. The van der Waals surface area contributed by atoms with Crippen LogP contribution in [-0.2, 0) is 4.74 Å². The smallest absolute Gasteiger partial charge is 0.494 e. The molecule has 0 radical (unpaired) electrons. The summed E-state index contributed by atoms with van der Waals surface area (Å²) in [6.45, 7) is 1.39. The van der Waals surface area contributed by atoms with Crippen LogP contribution in [0.2, 0.25) is 0 Å². The standard InChI is InChI=1S/C25H28F3N3O3/c1-31-11-8-17(9-12-31)18-3-5-20-21(7-10-29-23(20)15-18)30-22-6-4-19(16-24(22)32-2)33-13-14-34-25(26,27)28/h3-7,10,15-17H,8-9,11-14H2,1-2H3,(H,29,30). The van der Waals surface area contributed by atoms with Crippen molar-refractivity contribution in [1.82, 2.24) is 9.88 Å². The van der Waals surface area contributed by atoms with Crippen molar-refractivity contribution in [3.05, 3.63) is 54.2 Å². The molecule has 0 spiro atoms. The molecule has 2 heterocycles. The molecule has 0 amide bonds. The summed E-state index contributed by atoms with van der Waals surface area (Å²) in [6.07, 6.45) is -0.606. The Morgan fingerprint density at radius 3 is 2.56 bits per heavy atom. The molecule has 1 saturated heterocycles. The summed E-state index contributed by atoms with van der Waals surface area (Å²) in [5.41, 5.74) is 3.82. The highest BCUT2D eigenvalue weighted by atomic mass is 19.4. The topological polar surface area (TPSA) is 55.9 Å². The first-order chi connectivity index (χ1) is 16.3. The fraction of sp³-hybridized carbons (Fsp3) is 0.400. The first-order valence-electron chi connectivity index (χ1n) is 11.2. The fourth-order valence-corrected chi connectivity index (χ4v) is 4.20. The molecular formula is C25H28F3N3O3. The highest BCUT2D eigenvalue weighted by molar-refractivity contribution is 5.93. The van der Waals surface area contributed by atoms with Gasteiger partial charge in [0.15, 0.2) is 0 Å². The molecule has 0 saturated carbocycles. The zero-order valence-electron chi connectivity index (χ0n) is 19.2. The molecule has 6 nitrogen and oxygen atoms in total. The maximum atomic E-state index is 12.1. The molecule has 1 aliphatic rings. The van der Waals surface area contributed by atoms with E-state index in [0.717, 1.165) is 42.5 Å². The zero-order chi connectivity index (χ0) is 24.1. The maximum absolute atomic E-state index is 12.1. The molecule has 1 fully saturated rings. The van der Waals surface area contributed by atoms with E-state index in [1.807, 2.05) is 6.07 Å². The first-order valence-corrected chi connectivity index (χ1v) is 11.2. The summed E-state index contributed by atoms with van der Waals surface area (Å²) < 4.78 is 50.8. The Morgan fingerprint density at radius 2 is 1.82 bits per heavy atom. The molecule has 1 aliphatic heterocycles. The lowest BCUT2D eigenvalue weighted by atomic mass is 9.89. The number of hydrogen-bond acceptors (Lipinski definition) is 6. The number of halogens is 3. The summed E-state index contributed by atoms with van der Waals surface area (Å²) in [4.78, 5) is 6.94. The minimum atomic E-state index is -4.67. The molecule has 9 heteroatoms. The van der Waals surface area contributed by atoms with Crippen LogP contribution in [0.3, 0.4) is 0 Å². The van der Waals surface area contributed by atoms with Crippen LogP contribution in [0, 0.1) is 0 Å². The number of piperidine rings is 1. The van der Waals surface area contributed by atoms with Gasteiger partial charge < -0.3 is 19.7 Å². The Kier molecular flexibility index (Phi) is 7.43. The van der Waals surface area contributed by atoms with Gasteiger partial charge in [0, 0.05) is 23.3 Å². The van der Waals surface area contributed by atoms with Crippen LogP contribution in [0.1, 0.15) is 24.3 Å². The van der Waals surface area contributed by atoms with Crippen molar-refractivity contribution in [3.8, 4) is 11.5 Å². The lowest BCUT2D eigenvalue weighted by Gasteiger charge is -2.29. The highest BCUT2D eigenvalue weighted by Crippen LogP contribution is 2.35. The van der Waals surface area contributed by atoms with Gasteiger partial charge in [-0.15, -0.1) is 13.2 Å². The van der Waals surface area contributed by atoms with Gasteiger partial charge >= 0.3 is 6.36 Å². The summed E-state index contributed by atoms with van der Waals surface area (Å²) in [7, 11) is 3.68. The number of ether oxygens (including phenoxy) is 3. The van der Waals surface area contributed by atoms with E-state index in [4.69, 9.17) is 9.47 Å². The van der Waals surface area contributed by atoms with Crippen molar-refractivity contribution in [2.75, 3.05) is 45.8 Å². The van der Waals surface area contributed by atoms with E-state index < -0.39 is 13.0 Å². The van der Waals surface area contributed by atoms with Crippen LogP contribution in [0.5, 0.6) is 11.5 Å². The van der Waals surface area contributed by atoms with Gasteiger partial charge in [-0.1, -0.05) is 12.1 Å². The van der Waals surface area contributed by atoms with Gasteiger partial charge in [0.25, 0.3) is 0 Å². The van der Waals surface area contributed by atoms with Crippen molar-refractivity contribution >= 4 is 22.3 Å². The third kappa shape index (κ3) is 6.09. The molecule has 1 aromatic heterocycles. The number of rotatable bonds is 8. The Balaban J connectivity index is 1.48. The quantitative estimate of drug-likeness (QED) is 0.421. The number of nitrogens with zero attached hydrogens (tertiary/aromatic N) is 2. The van der Waals surface area contributed by atoms with Crippen LogP contribution >= 0.6 is 0 Å². The van der Waals surface area contributed by atoms with Crippen LogP contribution in [-0.4, -0.2) is 56.7 Å². The van der Waals surface area contributed by atoms with Crippen LogP contribution in [0.15, 0.2) is 48.7 Å². The first kappa shape index (κ1) is 24.1. The van der Waals surface area contributed by atoms with Gasteiger partial charge in [0.05, 0.1) is 24.9 Å². The number of fused-ring (bicyclic) bond motifs is 1. The average molecular weight is 476 g/mol. The van der Waals surface area contributed by atoms with E-state index in [1.165, 1.54) is 12.7 Å². The number of hydrogen-bond donors (Lipinski definition) is 1. The number of likely N-dealkylation sites (tertiary alicyclic amines) is 1. The number of pyridine rings is 1. The Labute approximate surface area is 196 Å². The van der Waals surface area contributed by atoms with E-state index in [0.29, 0.717) is 23.1 Å². The number of aromatic nitrogens is 1. The normalized spacial score (nSPS) is 15.4. The van der Waals surface area contributed by atoms with Crippen molar-refractivity contribution in [1.29, 1.82) is 0 Å². The summed E-state index contributed by atoms with van der Waals surface area (Å²) in [5.74, 6) is 1.44. The minimum Gasteiger partial charge on any atom is -0.494 e. The van der Waals surface area contributed by atoms with Crippen molar-refractivity contribution < 1.29 is 27.4 Å². The van der Waals surface area contributed by atoms with Gasteiger partial charge in [-0.05, 0) is 68.7 Å². The van der Waals surface area contributed by atoms with Gasteiger partial charge in [0.1, 0.15) is 18.1 Å². The number of alkyl halides is 3. The Bertz CT molecular complexity index is 1120. The molecule has 0 bridgehead atoms. The average Bonchev–Trinajstić information content (AvgIpc) is 2.82. The van der Waals surface area contributed by atoms with Crippen LogP contribution in [0.4, 0.5) is 24.5 Å². The van der Waals surface area contributed by atoms with E-state index in [2.05, 4.69) is 45.2 Å². The van der Waals surface area contributed by atoms with E-state index in [-0.39, 0.29) is 6.61 Å². The maximum Gasteiger partial charge on any atom is 0.522 e. The fourth-order valence-electron chi connectivity index (χ4n) is 4.20.